The summed E-state index contributed by atoms with van der Waals surface area (Å²) >= 11 is 0. The quantitative estimate of drug-likeness (QED) is 0.733. The molecular formula is C8H8F2N4O. The number of amides is 1. The predicted molar refractivity (Wildman–Crippen MR) is 46.2 cm³/mol. The van der Waals surface area contributed by atoms with Gasteiger partial charge in [-0.3, -0.25) is 4.79 Å². The van der Waals surface area contributed by atoms with E-state index in [0.29, 0.717) is 0 Å². The lowest BCUT2D eigenvalue weighted by molar-refractivity contribution is 0.0546. The molecule has 0 aromatic carbocycles. The fraction of sp³-hybridized carbons (Fsp3) is 0.375. The van der Waals surface area contributed by atoms with Gasteiger partial charge in [0.1, 0.15) is 11.8 Å². The summed E-state index contributed by atoms with van der Waals surface area (Å²) in [5.74, 6) is -0.522. The summed E-state index contributed by atoms with van der Waals surface area (Å²) in [6, 6.07) is 2.58. The van der Waals surface area contributed by atoms with E-state index in [0.717, 1.165) is 6.07 Å². The highest BCUT2D eigenvalue weighted by molar-refractivity contribution is 5.92. The molecule has 0 fully saturated rings. The molecule has 1 aromatic heterocycles. The Hall–Kier alpha value is -1.97. The first kappa shape index (κ1) is 11.1. The Morgan fingerprint density at radius 1 is 1.67 bits per heavy atom. The van der Waals surface area contributed by atoms with Gasteiger partial charge in [0, 0.05) is 20.2 Å². The SMILES string of the molecule is CN(C)C(=O)c1cc(C#N)n(C(F)F)n1. The molecule has 0 N–H and O–H groups in total. The lowest BCUT2D eigenvalue weighted by Gasteiger charge is -2.06. The Labute approximate surface area is 84.5 Å². The van der Waals surface area contributed by atoms with Crippen molar-refractivity contribution in [3.05, 3.63) is 17.5 Å². The fourth-order valence-electron chi connectivity index (χ4n) is 0.960. The van der Waals surface area contributed by atoms with E-state index in [1.54, 1.807) is 6.07 Å². The molecule has 0 saturated carbocycles. The zero-order valence-electron chi connectivity index (χ0n) is 8.11. The molecule has 1 heterocycles. The van der Waals surface area contributed by atoms with E-state index in [2.05, 4.69) is 5.10 Å². The molecule has 1 aromatic rings. The van der Waals surface area contributed by atoms with Gasteiger partial charge >= 0.3 is 6.55 Å². The van der Waals surface area contributed by atoms with Crippen LogP contribution >= 0.6 is 0 Å². The average molecular weight is 214 g/mol. The minimum Gasteiger partial charge on any atom is -0.343 e. The van der Waals surface area contributed by atoms with Crippen molar-refractivity contribution in [2.75, 3.05) is 14.1 Å². The van der Waals surface area contributed by atoms with E-state index in [-0.39, 0.29) is 16.1 Å². The zero-order valence-corrected chi connectivity index (χ0v) is 8.11. The van der Waals surface area contributed by atoms with Gasteiger partial charge < -0.3 is 4.90 Å². The number of nitriles is 1. The van der Waals surface area contributed by atoms with Crippen molar-refractivity contribution in [3.63, 3.8) is 0 Å². The standard InChI is InChI=1S/C8H8F2N4O/c1-13(2)7(15)6-3-5(4-11)14(12-6)8(9)10/h3,8H,1-2H3. The molecule has 7 heteroatoms. The minimum absolute atomic E-state index is 0.170. The first-order valence-corrected chi connectivity index (χ1v) is 3.96. The Bertz CT molecular complexity index is 419. The molecule has 0 aliphatic heterocycles. The second-order valence-electron chi connectivity index (χ2n) is 2.95. The molecule has 0 atom stereocenters. The van der Waals surface area contributed by atoms with E-state index in [1.807, 2.05) is 0 Å². The minimum atomic E-state index is -2.93. The van der Waals surface area contributed by atoms with Crippen molar-refractivity contribution < 1.29 is 13.6 Å². The number of rotatable bonds is 2. The van der Waals surface area contributed by atoms with Crippen molar-refractivity contribution in [3.8, 4) is 6.07 Å². The normalized spacial score (nSPS) is 10.1. The highest BCUT2D eigenvalue weighted by atomic mass is 19.3. The zero-order chi connectivity index (χ0) is 11.6. The number of hydrogen-bond donors (Lipinski definition) is 0. The number of halogens is 2. The number of nitrogens with zero attached hydrogens (tertiary/aromatic N) is 4. The number of aromatic nitrogens is 2. The van der Waals surface area contributed by atoms with Gasteiger partial charge in [-0.2, -0.15) is 23.8 Å². The molecule has 15 heavy (non-hydrogen) atoms. The summed E-state index contributed by atoms with van der Waals surface area (Å²) in [6.07, 6.45) is 0. The molecule has 0 aliphatic rings. The van der Waals surface area contributed by atoms with Crippen LogP contribution in [0.5, 0.6) is 0 Å². The number of carbonyl (C=O) groups is 1. The molecule has 0 unspecified atom stereocenters. The maximum absolute atomic E-state index is 12.3. The second-order valence-corrected chi connectivity index (χ2v) is 2.95. The van der Waals surface area contributed by atoms with E-state index in [9.17, 15) is 13.6 Å². The number of carbonyl (C=O) groups excluding carboxylic acids is 1. The molecular weight excluding hydrogens is 206 g/mol. The van der Waals surface area contributed by atoms with E-state index in [4.69, 9.17) is 5.26 Å². The van der Waals surface area contributed by atoms with E-state index in [1.165, 1.54) is 19.0 Å². The monoisotopic (exact) mass is 214 g/mol. The molecule has 0 spiro atoms. The van der Waals surface area contributed by atoms with E-state index >= 15 is 0 Å². The number of hydrogen-bond acceptors (Lipinski definition) is 3. The van der Waals surface area contributed by atoms with Gasteiger partial charge in [0.05, 0.1) is 0 Å². The van der Waals surface area contributed by atoms with Gasteiger partial charge in [0.15, 0.2) is 5.69 Å². The molecule has 5 nitrogen and oxygen atoms in total. The van der Waals surface area contributed by atoms with Gasteiger partial charge in [-0.05, 0) is 0 Å². The van der Waals surface area contributed by atoms with Crippen LogP contribution in [0.4, 0.5) is 8.78 Å². The lowest BCUT2D eigenvalue weighted by atomic mass is 10.3. The van der Waals surface area contributed by atoms with Crippen LogP contribution in [0.25, 0.3) is 0 Å². The average Bonchev–Trinajstić information content (AvgIpc) is 2.59. The first-order chi connectivity index (χ1) is 6.97. The van der Waals surface area contributed by atoms with Crippen LogP contribution in [-0.2, 0) is 0 Å². The van der Waals surface area contributed by atoms with Crippen LogP contribution in [0.2, 0.25) is 0 Å². The second kappa shape index (κ2) is 4.04. The third-order valence-corrected chi connectivity index (χ3v) is 1.66. The van der Waals surface area contributed by atoms with Crippen LogP contribution in [0.15, 0.2) is 6.07 Å². The summed E-state index contributed by atoms with van der Waals surface area (Å²) < 4.78 is 24.9. The topological polar surface area (TPSA) is 61.9 Å². The van der Waals surface area contributed by atoms with Gasteiger partial charge in [-0.25, -0.2) is 0 Å². The maximum Gasteiger partial charge on any atom is 0.334 e. The third-order valence-electron chi connectivity index (χ3n) is 1.66. The summed E-state index contributed by atoms with van der Waals surface area (Å²) in [5.41, 5.74) is -0.507. The van der Waals surface area contributed by atoms with Gasteiger partial charge in [-0.15, -0.1) is 0 Å². The first-order valence-electron chi connectivity index (χ1n) is 3.96. The summed E-state index contributed by atoms with van der Waals surface area (Å²) in [5, 5.41) is 11.9. The van der Waals surface area contributed by atoms with Crippen LogP contribution in [0.1, 0.15) is 22.7 Å². The highest BCUT2D eigenvalue weighted by Gasteiger charge is 2.19. The Morgan fingerprint density at radius 3 is 2.60 bits per heavy atom. The smallest absolute Gasteiger partial charge is 0.334 e. The predicted octanol–water partition coefficient (Wildman–Crippen LogP) is 0.852. The molecule has 1 amide bonds. The van der Waals surface area contributed by atoms with Gasteiger partial charge in [0.2, 0.25) is 0 Å². The van der Waals surface area contributed by atoms with Crippen LogP contribution in [0.3, 0.4) is 0 Å². The molecule has 80 valence electrons. The van der Waals surface area contributed by atoms with Crippen molar-refractivity contribution in [1.29, 1.82) is 5.26 Å². The Balaban J connectivity index is 3.15. The molecule has 0 saturated heterocycles. The molecule has 0 bridgehead atoms. The highest BCUT2D eigenvalue weighted by Crippen LogP contribution is 2.14. The van der Waals surface area contributed by atoms with Crippen molar-refractivity contribution >= 4 is 5.91 Å². The number of alkyl halides is 2. The maximum atomic E-state index is 12.3. The van der Waals surface area contributed by atoms with Crippen LogP contribution in [0, 0.1) is 11.3 Å². The Morgan fingerprint density at radius 2 is 2.27 bits per heavy atom. The van der Waals surface area contributed by atoms with Crippen LogP contribution < -0.4 is 0 Å². The molecule has 0 aliphatic carbocycles. The van der Waals surface area contributed by atoms with Gasteiger partial charge in [0.25, 0.3) is 5.91 Å². The molecule has 0 radical (unpaired) electrons. The summed E-state index contributed by atoms with van der Waals surface area (Å²) in [6.45, 7) is -2.93. The van der Waals surface area contributed by atoms with Crippen molar-refractivity contribution in [2.24, 2.45) is 0 Å². The largest absolute Gasteiger partial charge is 0.343 e. The fourth-order valence-corrected chi connectivity index (χ4v) is 0.960. The summed E-state index contributed by atoms with van der Waals surface area (Å²) in [4.78, 5) is 12.5. The van der Waals surface area contributed by atoms with Crippen molar-refractivity contribution in [1.82, 2.24) is 14.7 Å². The van der Waals surface area contributed by atoms with Crippen LogP contribution in [-0.4, -0.2) is 34.7 Å². The third kappa shape index (κ3) is 2.10. The van der Waals surface area contributed by atoms with Crippen molar-refractivity contribution in [2.45, 2.75) is 6.55 Å². The van der Waals surface area contributed by atoms with Gasteiger partial charge in [-0.1, -0.05) is 0 Å². The lowest BCUT2D eigenvalue weighted by Crippen LogP contribution is -2.22. The summed E-state index contributed by atoms with van der Waals surface area (Å²) in [7, 11) is 2.94. The Kier molecular flexibility index (Phi) is 2.99. The molecule has 1 rings (SSSR count). The van der Waals surface area contributed by atoms with E-state index < -0.39 is 12.5 Å².